The van der Waals surface area contributed by atoms with Gasteiger partial charge in [0.15, 0.2) is 0 Å². The highest BCUT2D eigenvalue weighted by atomic mass is 35.5. The zero-order chi connectivity index (χ0) is 18.4. The largest absolute Gasteiger partial charge is 0.462 e. The van der Waals surface area contributed by atoms with Crippen LogP contribution < -0.4 is 4.31 Å². The maximum atomic E-state index is 13.1. The quantitative estimate of drug-likeness (QED) is 0.540. The lowest BCUT2D eigenvalue weighted by Crippen LogP contribution is -2.31. The third-order valence-electron chi connectivity index (χ3n) is 3.35. The van der Waals surface area contributed by atoms with Gasteiger partial charge in [-0.2, -0.15) is 0 Å². The van der Waals surface area contributed by atoms with Gasteiger partial charge in [-0.25, -0.2) is 13.2 Å². The molecule has 0 atom stereocenters. The van der Waals surface area contributed by atoms with Crippen LogP contribution in [0.3, 0.4) is 0 Å². The van der Waals surface area contributed by atoms with Crippen LogP contribution in [0, 0.1) is 0 Å². The van der Waals surface area contributed by atoms with E-state index in [2.05, 4.69) is 6.58 Å². The van der Waals surface area contributed by atoms with Gasteiger partial charge in [0, 0.05) is 0 Å². The Balaban J connectivity index is 2.51. The van der Waals surface area contributed by atoms with E-state index in [4.69, 9.17) is 16.3 Å². The van der Waals surface area contributed by atoms with Gasteiger partial charge < -0.3 is 4.74 Å². The van der Waals surface area contributed by atoms with E-state index in [0.29, 0.717) is 10.7 Å². The Bertz CT molecular complexity index is 880. The van der Waals surface area contributed by atoms with Crippen molar-refractivity contribution in [3.8, 4) is 0 Å². The normalized spacial score (nSPS) is 11.0. The summed E-state index contributed by atoms with van der Waals surface area (Å²) in [5, 5.41) is 0.300. The molecule has 0 unspecified atom stereocenters. The second-order valence-electron chi connectivity index (χ2n) is 5.02. The summed E-state index contributed by atoms with van der Waals surface area (Å²) in [5.41, 5.74) is 0.506. The average molecular weight is 380 g/mol. The number of para-hydroxylation sites is 1. The highest BCUT2D eigenvalue weighted by molar-refractivity contribution is 7.92. The molecule has 2 aromatic rings. The number of sulfonamides is 1. The van der Waals surface area contributed by atoms with E-state index in [9.17, 15) is 13.2 Å². The molecule has 132 valence electrons. The van der Waals surface area contributed by atoms with Gasteiger partial charge >= 0.3 is 5.97 Å². The second kappa shape index (κ2) is 8.18. The predicted molar refractivity (Wildman–Crippen MR) is 98.6 cm³/mol. The maximum Gasteiger partial charge on any atom is 0.338 e. The molecule has 7 heteroatoms. The second-order valence-corrected chi connectivity index (χ2v) is 7.29. The molecule has 0 amide bonds. The number of anilines is 1. The molecular formula is C18H18ClNO4S. The number of ether oxygens (including phenoxy) is 1. The summed E-state index contributed by atoms with van der Waals surface area (Å²) < 4.78 is 32.2. The highest BCUT2D eigenvalue weighted by Crippen LogP contribution is 2.30. The molecule has 0 spiro atoms. The Morgan fingerprint density at radius 3 is 2.60 bits per heavy atom. The molecule has 0 aliphatic heterocycles. The summed E-state index contributed by atoms with van der Waals surface area (Å²) >= 11 is 6.16. The van der Waals surface area contributed by atoms with Crippen LogP contribution in [-0.2, 0) is 14.8 Å². The average Bonchev–Trinajstić information content (AvgIpc) is 2.61. The molecular weight excluding hydrogens is 362 g/mol. The Kier molecular flexibility index (Phi) is 6.22. The fraction of sp³-hybridized carbons (Fsp3) is 0.167. The highest BCUT2D eigenvalue weighted by Gasteiger charge is 2.26. The van der Waals surface area contributed by atoms with Crippen LogP contribution in [0.15, 0.2) is 66.1 Å². The van der Waals surface area contributed by atoms with E-state index < -0.39 is 16.0 Å². The third-order valence-corrected chi connectivity index (χ3v) is 5.44. The Morgan fingerprint density at radius 2 is 1.96 bits per heavy atom. The molecule has 0 bridgehead atoms. The Morgan fingerprint density at radius 1 is 1.24 bits per heavy atom. The number of hydrogen-bond acceptors (Lipinski definition) is 4. The SMILES string of the molecule is C=CCN(c1ccccc1Cl)S(=O)(=O)c1cccc(C(=O)OCC)c1. The molecule has 5 nitrogen and oxygen atoms in total. The molecule has 2 rings (SSSR count). The predicted octanol–water partition coefficient (Wildman–Crippen LogP) is 3.90. The number of carbonyl (C=O) groups is 1. The number of benzene rings is 2. The molecule has 0 aliphatic rings. The lowest BCUT2D eigenvalue weighted by atomic mass is 10.2. The van der Waals surface area contributed by atoms with Crippen molar-refractivity contribution in [1.29, 1.82) is 0 Å². The molecule has 0 radical (unpaired) electrons. The molecule has 0 saturated heterocycles. The molecule has 0 fully saturated rings. The first kappa shape index (κ1) is 19.0. The molecule has 0 N–H and O–H groups in total. The van der Waals surface area contributed by atoms with Crippen LogP contribution in [-0.4, -0.2) is 27.5 Å². The topological polar surface area (TPSA) is 63.7 Å². The van der Waals surface area contributed by atoms with Gasteiger partial charge in [0.2, 0.25) is 0 Å². The third kappa shape index (κ3) is 4.21. The Hall–Kier alpha value is -2.31. The van der Waals surface area contributed by atoms with Gasteiger partial charge in [-0.05, 0) is 37.3 Å². The summed E-state index contributed by atoms with van der Waals surface area (Å²) in [4.78, 5) is 11.8. The van der Waals surface area contributed by atoms with Crippen molar-refractivity contribution >= 4 is 33.3 Å². The molecule has 2 aromatic carbocycles. The van der Waals surface area contributed by atoms with Crippen LogP contribution in [0.2, 0.25) is 5.02 Å². The van der Waals surface area contributed by atoms with Crippen molar-refractivity contribution in [2.24, 2.45) is 0 Å². The number of carbonyl (C=O) groups excluding carboxylic acids is 1. The first-order valence-corrected chi connectivity index (χ1v) is 9.39. The number of rotatable bonds is 7. The van der Waals surface area contributed by atoms with Crippen LogP contribution >= 0.6 is 11.6 Å². The van der Waals surface area contributed by atoms with Crippen molar-refractivity contribution in [3.63, 3.8) is 0 Å². The van der Waals surface area contributed by atoms with Gasteiger partial charge in [0.05, 0.1) is 34.3 Å². The van der Waals surface area contributed by atoms with Crippen LogP contribution in [0.25, 0.3) is 0 Å². The standard InChI is InChI=1S/C18H18ClNO4S/c1-3-12-20(17-11-6-5-10-16(17)19)25(22,23)15-9-7-8-14(13-15)18(21)24-4-2/h3,5-11,13H,1,4,12H2,2H3. The van der Waals surface area contributed by atoms with Crippen molar-refractivity contribution in [1.82, 2.24) is 0 Å². The van der Waals surface area contributed by atoms with Crippen LogP contribution in [0.4, 0.5) is 5.69 Å². The molecule has 0 saturated carbocycles. The number of nitrogens with zero attached hydrogens (tertiary/aromatic N) is 1. The van der Waals surface area contributed by atoms with E-state index in [1.165, 1.54) is 30.3 Å². The van der Waals surface area contributed by atoms with Crippen molar-refractivity contribution in [2.75, 3.05) is 17.5 Å². The van der Waals surface area contributed by atoms with Gasteiger partial charge in [-0.3, -0.25) is 4.31 Å². The van der Waals surface area contributed by atoms with E-state index >= 15 is 0 Å². The summed E-state index contributed by atoms with van der Waals surface area (Å²) in [5.74, 6) is -0.576. The van der Waals surface area contributed by atoms with Gasteiger partial charge in [-0.1, -0.05) is 35.9 Å². The fourth-order valence-corrected chi connectivity index (χ4v) is 4.01. The zero-order valence-corrected chi connectivity index (χ0v) is 15.3. The van der Waals surface area contributed by atoms with E-state index in [-0.39, 0.29) is 23.6 Å². The zero-order valence-electron chi connectivity index (χ0n) is 13.7. The summed E-state index contributed by atoms with van der Waals surface area (Å²) in [6, 6.07) is 12.3. The molecule has 25 heavy (non-hydrogen) atoms. The first-order valence-electron chi connectivity index (χ1n) is 7.57. The van der Waals surface area contributed by atoms with Crippen LogP contribution in [0.5, 0.6) is 0 Å². The minimum atomic E-state index is -3.94. The van der Waals surface area contributed by atoms with E-state index in [1.54, 1.807) is 31.2 Å². The minimum absolute atomic E-state index is 0.0279. The minimum Gasteiger partial charge on any atom is -0.462 e. The van der Waals surface area contributed by atoms with Crippen molar-refractivity contribution in [2.45, 2.75) is 11.8 Å². The Labute approximate surface area is 152 Å². The smallest absolute Gasteiger partial charge is 0.338 e. The van der Waals surface area contributed by atoms with Crippen molar-refractivity contribution in [3.05, 3.63) is 71.8 Å². The van der Waals surface area contributed by atoms with E-state index in [1.807, 2.05) is 0 Å². The monoisotopic (exact) mass is 379 g/mol. The van der Waals surface area contributed by atoms with Crippen LogP contribution in [0.1, 0.15) is 17.3 Å². The summed E-state index contributed by atoms with van der Waals surface area (Å²) in [6.07, 6.45) is 1.47. The van der Waals surface area contributed by atoms with Gasteiger partial charge in [0.1, 0.15) is 0 Å². The lowest BCUT2D eigenvalue weighted by molar-refractivity contribution is 0.0526. The van der Waals surface area contributed by atoms with Gasteiger partial charge in [-0.15, -0.1) is 6.58 Å². The lowest BCUT2D eigenvalue weighted by Gasteiger charge is -2.24. The number of esters is 1. The molecule has 0 heterocycles. The summed E-state index contributed by atoms with van der Waals surface area (Å²) in [6.45, 7) is 5.54. The fourth-order valence-electron chi connectivity index (χ4n) is 2.22. The molecule has 0 aliphatic carbocycles. The first-order chi connectivity index (χ1) is 11.9. The number of halogens is 1. The summed E-state index contributed by atoms with van der Waals surface area (Å²) in [7, 11) is -3.94. The maximum absolute atomic E-state index is 13.1. The number of hydrogen-bond donors (Lipinski definition) is 0. The molecule has 0 aromatic heterocycles. The van der Waals surface area contributed by atoms with Crippen molar-refractivity contribution < 1.29 is 17.9 Å². The van der Waals surface area contributed by atoms with E-state index in [0.717, 1.165) is 4.31 Å². The van der Waals surface area contributed by atoms with Gasteiger partial charge in [0.25, 0.3) is 10.0 Å².